The first-order valence-electron chi connectivity index (χ1n) is 3.71. The highest BCUT2D eigenvalue weighted by Gasteiger charge is 2.01. The molecule has 0 aliphatic rings. The van der Waals surface area contributed by atoms with Gasteiger partial charge in [0.2, 0.25) is 0 Å². The normalized spacial score (nSPS) is 11.1. The number of hydrogen-bond acceptors (Lipinski definition) is 2. The van der Waals surface area contributed by atoms with Crippen LogP contribution in [0.15, 0.2) is 6.07 Å². The molecule has 0 aromatic carbocycles. The number of H-pyrrole nitrogens is 1. The van der Waals surface area contributed by atoms with Crippen molar-refractivity contribution in [1.82, 2.24) is 19.8 Å². The molecule has 0 bridgehead atoms. The molecule has 0 spiro atoms. The number of nitrogens with one attached hydrogen (secondary N) is 1. The predicted octanol–water partition coefficient (Wildman–Crippen LogP) is 0.928. The quantitative estimate of drug-likeness (QED) is 0.657. The minimum atomic E-state index is 0.883. The van der Waals surface area contributed by atoms with Crippen molar-refractivity contribution in [3.05, 3.63) is 17.6 Å². The van der Waals surface area contributed by atoms with Crippen LogP contribution in [0.25, 0.3) is 5.65 Å². The molecule has 0 saturated heterocycles. The summed E-state index contributed by atoms with van der Waals surface area (Å²) in [6, 6.07) is 1.98. The monoisotopic (exact) mass is 150 g/mol. The first-order chi connectivity index (χ1) is 5.29. The Morgan fingerprint density at radius 3 is 3.09 bits per heavy atom. The zero-order valence-corrected chi connectivity index (χ0v) is 6.63. The molecule has 0 radical (unpaired) electrons. The van der Waals surface area contributed by atoms with Crippen LogP contribution in [0.5, 0.6) is 0 Å². The van der Waals surface area contributed by atoms with Crippen LogP contribution in [0.3, 0.4) is 0 Å². The lowest BCUT2D eigenvalue weighted by Crippen LogP contribution is -1.89. The summed E-state index contributed by atoms with van der Waals surface area (Å²) in [5.41, 5.74) is 1.99. The summed E-state index contributed by atoms with van der Waals surface area (Å²) >= 11 is 0. The molecule has 2 rings (SSSR count). The third-order valence-electron chi connectivity index (χ3n) is 1.62. The Labute approximate surface area is 64.2 Å². The van der Waals surface area contributed by atoms with E-state index in [1.54, 1.807) is 4.63 Å². The first kappa shape index (κ1) is 6.39. The molecular weight excluding hydrogens is 140 g/mol. The molecule has 58 valence electrons. The van der Waals surface area contributed by atoms with E-state index in [-0.39, 0.29) is 0 Å². The highest BCUT2D eigenvalue weighted by Crippen LogP contribution is 2.02. The number of nitrogens with zero attached hydrogens (tertiary/aromatic N) is 3. The first-order valence-corrected chi connectivity index (χ1v) is 3.71. The van der Waals surface area contributed by atoms with Gasteiger partial charge in [0.1, 0.15) is 0 Å². The maximum Gasteiger partial charge on any atom is 0.175 e. The van der Waals surface area contributed by atoms with Crippen LogP contribution < -0.4 is 0 Å². The fourth-order valence-corrected chi connectivity index (χ4v) is 1.09. The zero-order chi connectivity index (χ0) is 7.84. The summed E-state index contributed by atoms with van der Waals surface area (Å²) in [4.78, 5) is 4.27. The molecule has 0 aliphatic carbocycles. The number of aromatic nitrogens is 4. The van der Waals surface area contributed by atoms with Gasteiger partial charge >= 0.3 is 0 Å². The van der Waals surface area contributed by atoms with Crippen molar-refractivity contribution in [3.8, 4) is 0 Å². The van der Waals surface area contributed by atoms with Gasteiger partial charge < -0.3 is 0 Å². The summed E-state index contributed by atoms with van der Waals surface area (Å²) < 4.78 is 1.70. The summed E-state index contributed by atoms with van der Waals surface area (Å²) in [7, 11) is 0. The van der Waals surface area contributed by atoms with E-state index in [0.29, 0.717) is 0 Å². The van der Waals surface area contributed by atoms with Crippen LogP contribution >= 0.6 is 0 Å². The van der Waals surface area contributed by atoms with Gasteiger partial charge in [-0.3, -0.25) is 5.10 Å². The minimum Gasteiger partial charge on any atom is -0.281 e. The number of rotatable bonds is 1. The van der Waals surface area contributed by atoms with Crippen LogP contribution in [0.2, 0.25) is 0 Å². The third-order valence-corrected chi connectivity index (χ3v) is 1.62. The van der Waals surface area contributed by atoms with Crippen LogP contribution in [-0.2, 0) is 6.42 Å². The lowest BCUT2D eigenvalue weighted by molar-refractivity contribution is 0.778. The Bertz CT molecular complexity index is 339. The van der Waals surface area contributed by atoms with Crippen molar-refractivity contribution >= 4 is 5.65 Å². The molecule has 0 fully saturated rings. The Morgan fingerprint density at radius 2 is 2.45 bits per heavy atom. The van der Waals surface area contributed by atoms with E-state index < -0.39 is 0 Å². The van der Waals surface area contributed by atoms with E-state index in [2.05, 4.69) is 15.2 Å². The lowest BCUT2D eigenvalue weighted by atomic mass is 10.4. The van der Waals surface area contributed by atoms with E-state index in [4.69, 9.17) is 0 Å². The van der Waals surface area contributed by atoms with Crippen LogP contribution in [-0.4, -0.2) is 19.8 Å². The van der Waals surface area contributed by atoms with Gasteiger partial charge in [-0.25, -0.2) is 4.98 Å². The zero-order valence-electron chi connectivity index (χ0n) is 6.63. The smallest absolute Gasteiger partial charge is 0.175 e. The Kier molecular flexibility index (Phi) is 1.21. The summed E-state index contributed by atoms with van der Waals surface area (Å²) in [5, 5.41) is 7.26. The van der Waals surface area contributed by atoms with E-state index >= 15 is 0 Å². The van der Waals surface area contributed by atoms with E-state index in [9.17, 15) is 0 Å². The maximum absolute atomic E-state index is 4.27. The van der Waals surface area contributed by atoms with E-state index in [1.165, 1.54) is 0 Å². The summed E-state index contributed by atoms with van der Waals surface area (Å²) in [5.74, 6) is 0.885. The average molecular weight is 150 g/mol. The van der Waals surface area contributed by atoms with Crippen molar-refractivity contribution in [2.75, 3.05) is 0 Å². The van der Waals surface area contributed by atoms with Crippen molar-refractivity contribution in [3.63, 3.8) is 0 Å². The van der Waals surface area contributed by atoms with Gasteiger partial charge in [0.05, 0.1) is 0 Å². The van der Waals surface area contributed by atoms with Crippen LogP contribution in [0, 0.1) is 6.92 Å². The molecule has 2 aromatic heterocycles. The standard InChI is InChI=1S/C7H10N4/c1-3-6-8-7-4-5(2)9-11(7)10-6/h4,9H,3H2,1-2H3. The molecule has 2 heterocycles. The fourth-order valence-electron chi connectivity index (χ4n) is 1.09. The highest BCUT2D eigenvalue weighted by molar-refractivity contribution is 5.37. The molecule has 4 heteroatoms. The molecule has 0 atom stereocenters. The minimum absolute atomic E-state index is 0.883. The molecule has 1 N–H and O–H groups in total. The number of aryl methyl sites for hydroxylation is 2. The molecule has 0 unspecified atom stereocenters. The SMILES string of the molecule is CCc1nc2cc(C)[nH]n2n1. The van der Waals surface area contributed by atoms with Gasteiger partial charge in [-0.1, -0.05) is 6.92 Å². The van der Waals surface area contributed by atoms with Gasteiger partial charge in [-0.2, -0.15) is 4.63 Å². The Balaban J connectivity index is 2.64. The lowest BCUT2D eigenvalue weighted by Gasteiger charge is -1.81. The number of aromatic amines is 1. The Morgan fingerprint density at radius 1 is 1.64 bits per heavy atom. The molecular formula is C7H10N4. The molecule has 11 heavy (non-hydrogen) atoms. The van der Waals surface area contributed by atoms with Crippen molar-refractivity contribution in [2.24, 2.45) is 0 Å². The van der Waals surface area contributed by atoms with Gasteiger partial charge in [0.15, 0.2) is 11.5 Å². The van der Waals surface area contributed by atoms with Gasteiger partial charge in [0.25, 0.3) is 0 Å². The van der Waals surface area contributed by atoms with Gasteiger partial charge in [0, 0.05) is 18.2 Å². The van der Waals surface area contributed by atoms with Gasteiger partial charge in [-0.05, 0) is 6.92 Å². The Hall–Kier alpha value is -1.32. The summed E-state index contributed by atoms with van der Waals surface area (Å²) in [6.45, 7) is 4.03. The molecule has 0 aliphatic heterocycles. The van der Waals surface area contributed by atoms with Gasteiger partial charge in [-0.15, -0.1) is 5.10 Å². The maximum atomic E-state index is 4.27. The second-order valence-electron chi connectivity index (χ2n) is 2.59. The number of hydrogen-bond donors (Lipinski definition) is 1. The van der Waals surface area contributed by atoms with E-state index in [1.807, 2.05) is 19.9 Å². The molecule has 0 saturated carbocycles. The second-order valence-corrected chi connectivity index (χ2v) is 2.59. The third kappa shape index (κ3) is 0.906. The molecule has 2 aromatic rings. The average Bonchev–Trinajstić information content (AvgIpc) is 2.43. The van der Waals surface area contributed by atoms with Crippen LogP contribution in [0.1, 0.15) is 18.4 Å². The van der Waals surface area contributed by atoms with Crippen molar-refractivity contribution in [1.29, 1.82) is 0 Å². The fraction of sp³-hybridized carbons (Fsp3) is 0.429. The second kappa shape index (κ2) is 2.08. The van der Waals surface area contributed by atoms with Crippen molar-refractivity contribution < 1.29 is 0 Å². The number of fused-ring (bicyclic) bond motifs is 1. The van der Waals surface area contributed by atoms with Crippen LogP contribution in [0.4, 0.5) is 0 Å². The van der Waals surface area contributed by atoms with Crippen molar-refractivity contribution in [2.45, 2.75) is 20.3 Å². The predicted molar refractivity (Wildman–Crippen MR) is 41.5 cm³/mol. The van der Waals surface area contributed by atoms with E-state index in [0.717, 1.165) is 23.6 Å². The molecule has 4 nitrogen and oxygen atoms in total. The topological polar surface area (TPSA) is 46.0 Å². The summed E-state index contributed by atoms with van der Waals surface area (Å²) in [6.07, 6.45) is 0.883. The molecule has 0 amide bonds. The highest BCUT2D eigenvalue weighted by atomic mass is 15.5. The largest absolute Gasteiger partial charge is 0.281 e.